The van der Waals surface area contributed by atoms with E-state index in [2.05, 4.69) is 129 Å². The number of hydrogen-bond acceptors (Lipinski definition) is 3. The van der Waals surface area contributed by atoms with Crippen molar-refractivity contribution in [2.75, 3.05) is 24.5 Å². The van der Waals surface area contributed by atoms with Gasteiger partial charge in [0.05, 0.1) is 5.41 Å². The molecule has 43 heavy (non-hydrogen) atoms. The van der Waals surface area contributed by atoms with E-state index in [1.807, 2.05) is 0 Å². The Balaban J connectivity index is 1.56. The minimum absolute atomic E-state index is 0.102. The second-order valence-corrected chi connectivity index (χ2v) is 13.1. The fourth-order valence-corrected chi connectivity index (χ4v) is 7.22. The average Bonchev–Trinajstić information content (AvgIpc) is 3.33. The zero-order valence-electron chi connectivity index (χ0n) is 26.8. The maximum atomic E-state index is 11.7. The van der Waals surface area contributed by atoms with E-state index in [9.17, 15) is 9.90 Å². The van der Waals surface area contributed by atoms with Gasteiger partial charge in [0.25, 0.3) is 0 Å². The van der Waals surface area contributed by atoms with Gasteiger partial charge in [-0.3, -0.25) is 4.79 Å². The number of para-hydroxylation sites is 2. The summed E-state index contributed by atoms with van der Waals surface area (Å²) in [6, 6.07) is 17.5. The van der Waals surface area contributed by atoms with Crippen LogP contribution >= 0.6 is 0 Å². The lowest BCUT2D eigenvalue weighted by Crippen LogP contribution is -2.28. The number of allylic oxidation sites excluding steroid dienone is 7. The molecule has 2 aromatic rings. The number of fused-ring (bicyclic) bond motifs is 2. The average molecular weight is 579 g/mol. The van der Waals surface area contributed by atoms with Crippen molar-refractivity contribution in [1.29, 1.82) is 0 Å². The number of aliphatic carboxylic acids is 1. The summed E-state index contributed by atoms with van der Waals surface area (Å²) in [5.74, 6) is -0.850. The van der Waals surface area contributed by atoms with Gasteiger partial charge in [-0.2, -0.15) is 4.58 Å². The summed E-state index contributed by atoms with van der Waals surface area (Å²) in [6.45, 7) is 15.5. The van der Waals surface area contributed by atoms with Crippen LogP contribution in [-0.2, 0) is 15.6 Å². The minimum Gasteiger partial charge on any atom is -0.480 e. The van der Waals surface area contributed by atoms with E-state index in [1.54, 1.807) is 0 Å². The predicted octanol–water partition coefficient (Wildman–Crippen LogP) is 8.16. The van der Waals surface area contributed by atoms with Gasteiger partial charge in [-0.1, -0.05) is 76.2 Å². The second kappa shape index (κ2) is 12.4. The Kier molecular flexibility index (Phi) is 8.82. The molecule has 0 spiro atoms. The summed E-state index contributed by atoms with van der Waals surface area (Å²) in [5, 5.41) is 12.9. The number of carboxylic acid groups (broad SMARTS) is 1. The molecule has 5 nitrogen and oxygen atoms in total. The predicted molar refractivity (Wildman–Crippen MR) is 178 cm³/mol. The molecule has 0 radical (unpaired) electrons. The third kappa shape index (κ3) is 5.74. The summed E-state index contributed by atoms with van der Waals surface area (Å²) in [5.41, 5.74) is 11.0. The van der Waals surface area contributed by atoms with Gasteiger partial charge in [-0.15, -0.1) is 0 Å². The second-order valence-electron chi connectivity index (χ2n) is 13.1. The number of nitrogens with one attached hydrogen (secondary N) is 1. The van der Waals surface area contributed by atoms with E-state index in [1.165, 1.54) is 45.1 Å². The van der Waals surface area contributed by atoms with E-state index in [0.29, 0.717) is 0 Å². The molecule has 0 bridgehead atoms. The van der Waals surface area contributed by atoms with Crippen molar-refractivity contribution in [3.63, 3.8) is 0 Å². The Morgan fingerprint density at radius 2 is 1.65 bits per heavy atom. The van der Waals surface area contributed by atoms with Crippen LogP contribution in [0, 0.1) is 0 Å². The smallest absolute Gasteiger partial charge is 0.322 e. The molecule has 2 N–H and O–H groups in total. The summed E-state index contributed by atoms with van der Waals surface area (Å²) < 4.78 is 2.46. The summed E-state index contributed by atoms with van der Waals surface area (Å²) in [7, 11) is 0. The maximum Gasteiger partial charge on any atom is 0.322 e. The molecule has 0 saturated carbocycles. The van der Waals surface area contributed by atoms with Crippen LogP contribution in [0.4, 0.5) is 11.4 Å². The third-order valence-corrected chi connectivity index (χ3v) is 9.33. The zero-order chi connectivity index (χ0) is 30.8. The number of carbonyl (C=O) groups is 1. The number of rotatable bonds is 10. The number of anilines is 1. The SMILES string of the molecule is CCCN1/C(=C\C=C2/CCCC(/C=C/C3=[N+](CCC)c4ccccc4C3(C)C)=C2NCC(=O)O)C(C)(C)c2ccccc21. The number of nitrogens with zero attached hydrogens (tertiary/aromatic N) is 2. The fraction of sp³-hybridized carbons (Fsp3) is 0.421. The first-order valence-corrected chi connectivity index (χ1v) is 16.0. The first-order valence-electron chi connectivity index (χ1n) is 16.0. The molecule has 0 unspecified atom stereocenters. The fourth-order valence-electron chi connectivity index (χ4n) is 7.22. The van der Waals surface area contributed by atoms with E-state index < -0.39 is 5.97 Å². The van der Waals surface area contributed by atoms with E-state index in [-0.39, 0.29) is 17.4 Å². The molecule has 1 aliphatic carbocycles. The molecule has 0 amide bonds. The largest absolute Gasteiger partial charge is 0.480 e. The van der Waals surface area contributed by atoms with Gasteiger partial charge in [0.2, 0.25) is 5.69 Å². The maximum absolute atomic E-state index is 11.7. The van der Waals surface area contributed by atoms with Gasteiger partial charge in [0.1, 0.15) is 13.1 Å². The highest BCUT2D eigenvalue weighted by molar-refractivity contribution is 6.03. The third-order valence-electron chi connectivity index (χ3n) is 9.33. The summed E-state index contributed by atoms with van der Waals surface area (Å²) in [4.78, 5) is 14.2. The van der Waals surface area contributed by atoms with Crippen LogP contribution in [-0.4, -0.2) is 41.0 Å². The van der Waals surface area contributed by atoms with Crippen LogP contribution in [0.1, 0.15) is 84.8 Å². The van der Waals surface area contributed by atoms with Gasteiger partial charge >= 0.3 is 5.97 Å². The van der Waals surface area contributed by atoms with Crippen LogP contribution in [0.15, 0.2) is 95.4 Å². The monoisotopic (exact) mass is 578 g/mol. The lowest BCUT2D eigenvalue weighted by molar-refractivity contribution is -0.437. The van der Waals surface area contributed by atoms with Crippen LogP contribution in [0.5, 0.6) is 0 Å². The summed E-state index contributed by atoms with van der Waals surface area (Å²) >= 11 is 0. The quantitative estimate of drug-likeness (QED) is 0.279. The highest BCUT2D eigenvalue weighted by atomic mass is 16.4. The molecule has 5 rings (SSSR count). The Morgan fingerprint density at radius 1 is 0.930 bits per heavy atom. The van der Waals surface area contributed by atoms with Crippen LogP contribution < -0.4 is 10.2 Å². The van der Waals surface area contributed by atoms with Crippen molar-refractivity contribution in [3.8, 4) is 0 Å². The van der Waals surface area contributed by atoms with Gasteiger partial charge in [-0.25, -0.2) is 0 Å². The van der Waals surface area contributed by atoms with Crippen LogP contribution in [0.2, 0.25) is 0 Å². The lowest BCUT2D eigenvalue weighted by Gasteiger charge is -2.27. The van der Waals surface area contributed by atoms with Gasteiger partial charge in [0, 0.05) is 53.2 Å². The Hall–Kier alpha value is -3.86. The molecule has 0 atom stereocenters. The molecular formula is C38H48N3O2+. The minimum atomic E-state index is -0.850. The molecule has 0 fully saturated rings. The first kappa shape index (κ1) is 30.6. The molecule has 2 heterocycles. The van der Waals surface area contributed by atoms with Crippen molar-refractivity contribution in [1.82, 2.24) is 5.32 Å². The van der Waals surface area contributed by atoms with Gasteiger partial charge in [-0.05, 0) is 68.4 Å². The Morgan fingerprint density at radius 3 is 2.37 bits per heavy atom. The van der Waals surface area contributed by atoms with Crippen molar-refractivity contribution in [3.05, 3.63) is 107 Å². The molecular weight excluding hydrogens is 530 g/mol. The first-order chi connectivity index (χ1) is 20.6. The lowest BCUT2D eigenvalue weighted by atomic mass is 9.81. The highest BCUT2D eigenvalue weighted by Gasteiger charge is 2.44. The molecule has 0 saturated heterocycles. The van der Waals surface area contributed by atoms with Gasteiger partial charge in [0.15, 0.2) is 5.71 Å². The number of benzene rings is 2. The van der Waals surface area contributed by atoms with E-state index in [4.69, 9.17) is 0 Å². The van der Waals surface area contributed by atoms with Crippen molar-refractivity contribution in [2.24, 2.45) is 0 Å². The van der Waals surface area contributed by atoms with E-state index in [0.717, 1.165) is 50.9 Å². The molecule has 3 aliphatic rings. The topological polar surface area (TPSA) is 55.6 Å². The molecule has 226 valence electrons. The molecule has 5 heteroatoms. The van der Waals surface area contributed by atoms with Crippen LogP contribution in [0.3, 0.4) is 0 Å². The summed E-state index contributed by atoms with van der Waals surface area (Å²) in [6.07, 6.45) is 14.1. The van der Waals surface area contributed by atoms with Crippen LogP contribution in [0.25, 0.3) is 0 Å². The number of hydrogen-bond donors (Lipinski definition) is 2. The highest BCUT2D eigenvalue weighted by Crippen LogP contribution is 2.48. The van der Waals surface area contributed by atoms with E-state index >= 15 is 0 Å². The van der Waals surface area contributed by atoms with Crippen molar-refractivity contribution >= 4 is 23.1 Å². The van der Waals surface area contributed by atoms with Gasteiger partial charge < -0.3 is 15.3 Å². The molecule has 2 aliphatic heterocycles. The van der Waals surface area contributed by atoms with Crippen molar-refractivity contribution in [2.45, 2.75) is 84.5 Å². The number of carboxylic acids is 1. The molecule has 0 aromatic heterocycles. The standard InChI is InChI=1S/C38H47N3O2/c1-7-24-40-31-18-11-9-16-29(31)37(3,4)33(40)22-20-27-14-13-15-28(36(27)39-26-35(42)43)21-23-34-38(5,6)30-17-10-12-19-32(30)41(34)25-8-2/h9-12,16-23H,7-8,13-15,24-26H2,1-6H3,(H,42,43)/p+1/b27-20+,33-22-. The molecule has 2 aromatic carbocycles. The Bertz CT molecular complexity index is 1550. The normalized spacial score (nSPS) is 20.8. The van der Waals surface area contributed by atoms with Crippen molar-refractivity contribution < 1.29 is 14.5 Å². The zero-order valence-corrected chi connectivity index (χ0v) is 26.8. The Labute approximate surface area is 258 Å².